The minimum absolute atomic E-state index is 0.132. The maximum absolute atomic E-state index is 10.6. The Labute approximate surface area is 118 Å². The molecule has 0 saturated carbocycles. The zero-order valence-electron chi connectivity index (χ0n) is 11.7. The van der Waals surface area contributed by atoms with Crippen LogP contribution >= 0.6 is 11.6 Å². The van der Waals surface area contributed by atoms with Gasteiger partial charge in [0.25, 0.3) is 0 Å². The van der Waals surface area contributed by atoms with Gasteiger partial charge in [-0.2, -0.15) is 0 Å². The summed E-state index contributed by atoms with van der Waals surface area (Å²) in [6.45, 7) is 3.77. The first-order valence-electron chi connectivity index (χ1n) is 6.05. The molecular weight excluding hydrogens is 268 g/mol. The van der Waals surface area contributed by atoms with Gasteiger partial charge in [-0.05, 0) is 32.3 Å². The van der Waals surface area contributed by atoms with E-state index in [9.17, 15) is 4.79 Å². The number of hydrogen-bond donors (Lipinski definition) is 1. The van der Waals surface area contributed by atoms with E-state index >= 15 is 0 Å². The third-order valence-corrected chi connectivity index (χ3v) is 3.62. The van der Waals surface area contributed by atoms with Gasteiger partial charge in [0, 0.05) is 17.5 Å². The summed E-state index contributed by atoms with van der Waals surface area (Å²) in [5, 5.41) is 9.25. The molecule has 1 rings (SSSR count). The summed E-state index contributed by atoms with van der Waals surface area (Å²) in [5.41, 5.74) is 2.68. The standard InChI is InChI=1S/C14H19ClO4/c1-8-10(6-5-7-11(16)17)13(18-3)9(2)12(15)14(8)19-4/h5-7H2,1-4H3,(H,16,17). The minimum atomic E-state index is -0.797. The van der Waals surface area contributed by atoms with Gasteiger partial charge >= 0.3 is 5.97 Å². The maximum Gasteiger partial charge on any atom is 0.303 e. The van der Waals surface area contributed by atoms with Gasteiger partial charge in [-0.3, -0.25) is 4.79 Å². The van der Waals surface area contributed by atoms with Crippen LogP contribution in [0.5, 0.6) is 11.5 Å². The van der Waals surface area contributed by atoms with E-state index in [2.05, 4.69) is 0 Å². The predicted molar refractivity (Wildman–Crippen MR) is 74.6 cm³/mol. The zero-order chi connectivity index (χ0) is 14.6. The third-order valence-electron chi connectivity index (χ3n) is 3.16. The van der Waals surface area contributed by atoms with E-state index in [1.807, 2.05) is 13.8 Å². The highest BCUT2D eigenvalue weighted by Crippen LogP contribution is 2.41. The number of carboxylic acids is 1. The van der Waals surface area contributed by atoms with Crippen LogP contribution in [0.15, 0.2) is 0 Å². The van der Waals surface area contributed by atoms with Crippen molar-refractivity contribution in [2.75, 3.05) is 14.2 Å². The second kappa shape index (κ2) is 6.66. The number of halogens is 1. The summed E-state index contributed by atoms with van der Waals surface area (Å²) in [6.07, 6.45) is 1.30. The topological polar surface area (TPSA) is 55.8 Å². The Morgan fingerprint density at radius 2 is 1.74 bits per heavy atom. The Hall–Kier alpha value is -1.42. The van der Waals surface area contributed by atoms with Gasteiger partial charge in [0.15, 0.2) is 0 Å². The zero-order valence-corrected chi connectivity index (χ0v) is 12.4. The van der Waals surface area contributed by atoms with Crippen LogP contribution in [0, 0.1) is 13.8 Å². The van der Waals surface area contributed by atoms with Crippen LogP contribution < -0.4 is 9.47 Å². The molecule has 0 radical (unpaired) electrons. The molecule has 0 aliphatic heterocycles. The molecule has 0 bridgehead atoms. The third kappa shape index (κ3) is 3.32. The van der Waals surface area contributed by atoms with Gasteiger partial charge in [0.1, 0.15) is 11.5 Å². The number of methoxy groups -OCH3 is 2. The lowest BCUT2D eigenvalue weighted by atomic mass is 9.97. The first kappa shape index (κ1) is 15.6. The molecule has 4 nitrogen and oxygen atoms in total. The van der Waals surface area contributed by atoms with Crippen LogP contribution in [0.1, 0.15) is 29.5 Å². The Morgan fingerprint density at radius 3 is 2.21 bits per heavy atom. The molecule has 0 heterocycles. The van der Waals surface area contributed by atoms with Gasteiger partial charge in [-0.1, -0.05) is 11.6 Å². The largest absolute Gasteiger partial charge is 0.496 e. The molecule has 0 fully saturated rings. The summed E-state index contributed by atoms with van der Waals surface area (Å²) in [4.78, 5) is 10.6. The van der Waals surface area contributed by atoms with E-state index in [-0.39, 0.29) is 6.42 Å². The van der Waals surface area contributed by atoms with Gasteiger partial charge < -0.3 is 14.6 Å². The van der Waals surface area contributed by atoms with Crippen LogP contribution in [-0.4, -0.2) is 25.3 Å². The number of rotatable bonds is 6. The van der Waals surface area contributed by atoms with Crippen molar-refractivity contribution in [3.05, 3.63) is 21.7 Å². The monoisotopic (exact) mass is 286 g/mol. The van der Waals surface area contributed by atoms with Crippen LogP contribution in [0.4, 0.5) is 0 Å². The fourth-order valence-electron chi connectivity index (χ4n) is 2.20. The molecule has 106 valence electrons. The number of hydrogen-bond acceptors (Lipinski definition) is 3. The van der Waals surface area contributed by atoms with Crippen molar-refractivity contribution in [3.63, 3.8) is 0 Å². The highest BCUT2D eigenvalue weighted by molar-refractivity contribution is 6.33. The quantitative estimate of drug-likeness (QED) is 0.871. The lowest BCUT2D eigenvalue weighted by Gasteiger charge is -2.19. The highest BCUT2D eigenvalue weighted by Gasteiger charge is 2.19. The van der Waals surface area contributed by atoms with Crippen molar-refractivity contribution in [1.82, 2.24) is 0 Å². The van der Waals surface area contributed by atoms with E-state index in [0.29, 0.717) is 29.4 Å². The lowest BCUT2D eigenvalue weighted by molar-refractivity contribution is -0.137. The minimum Gasteiger partial charge on any atom is -0.496 e. The Bertz CT molecular complexity index is 483. The summed E-state index contributed by atoms with van der Waals surface area (Å²) < 4.78 is 10.7. The van der Waals surface area contributed by atoms with Crippen molar-refractivity contribution < 1.29 is 19.4 Å². The number of carboxylic acid groups (broad SMARTS) is 1. The van der Waals surface area contributed by atoms with E-state index in [1.165, 1.54) is 0 Å². The molecule has 0 aliphatic rings. The van der Waals surface area contributed by atoms with E-state index in [4.69, 9.17) is 26.2 Å². The smallest absolute Gasteiger partial charge is 0.303 e. The summed E-state index contributed by atoms with van der Waals surface area (Å²) >= 11 is 6.24. The SMILES string of the molecule is COc1c(C)c(CCCC(=O)O)c(OC)c(C)c1Cl. The first-order valence-corrected chi connectivity index (χ1v) is 6.43. The summed E-state index contributed by atoms with van der Waals surface area (Å²) in [5.74, 6) is 0.549. The van der Waals surface area contributed by atoms with Crippen LogP contribution in [0.3, 0.4) is 0 Å². The lowest BCUT2D eigenvalue weighted by Crippen LogP contribution is -2.04. The summed E-state index contributed by atoms with van der Waals surface area (Å²) in [6, 6.07) is 0. The van der Waals surface area contributed by atoms with Crippen LogP contribution in [0.2, 0.25) is 5.02 Å². The average molecular weight is 287 g/mol. The molecule has 0 unspecified atom stereocenters. The Balaban J connectivity index is 3.20. The molecule has 0 spiro atoms. The van der Waals surface area contributed by atoms with Crippen LogP contribution in [0.25, 0.3) is 0 Å². The molecule has 1 N–H and O–H groups in total. The van der Waals surface area contributed by atoms with Crippen molar-refractivity contribution in [2.45, 2.75) is 33.1 Å². The van der Waals surface area contributed by atoms with E-state index in [0.717, 1.165) is 16.7 Å². The molecule has 0 saturated heterocycles. The number of ether oxygens (including phenoxy) is 2. The molecule has 1 aromatic rings. The molecule has 0 atom stereocenters. The van der Waals surface area contributed by atoms with Crippen molar-refractivity contribution >= 4 is 17.6 Å². The second-order valence-corrected chi connectivity index (χ2v) is 4.73. The molecule has 5 heteroatoms. The number of benzene rings is 1. The van der Waals surface area contributed by atoms with Crippen molar-refractivity contribution in [3.8, 4) is 11.5 Å². The predicted octanol–water partition coefficient (Wildman–Crippen LogP) is 3.38. The normalized spacial score (nSPS) is 10.4. The highest BCUT2D eigenvalue weighted by atomic mass is 35.5. The fourth-order valence-corrected chi connectivity index (χ4v) is 2.51. The van der Waals surface area contributed by atoms with Gasteiger partial charge in [-0.25, -0.2) is 0 Å². The van der Waals surface area contributed by atoms with Gasteiger partial charge in [0.05, 0.1) is 19.2 Å². The molecule has 19 heavy (non-hydrogen) atoms. The molecular formula is C14H19ClO4. The van der Waals surface area contributed by atoms with Gasteiger partial charge in [0.2, 0.25) is 0 Å². The molecule has 0 aromatic heterocycles. The molecule has 0 aliphatic carbocycles. The van der Waals surface area contributed by atoms with Crippen LogP contribution in [-0.2, 0) is 11.2 Å². The first-order chi connectivity index (χ1) is 8.93. The van der Waals surface area contributed by atoms with Gasteiger partial charge in [-0.15, -0.1) is 0 Å². The van der Waals surface area contributed by atoms with Crippen molar-refractivity contribution in [1.29, 1.82) is 0 Å². The van der Waals surface area contributed by atoms with Crippen molar-refractivity contribution in [2.24, 2.45) is 0 Å². The average Bonchev–Trinajstić information content (AvgIpc) is 2.36. The van der Waals surface area contributed by atoms with E-state index in [1.54, 1.807) is 14.2 Å². The maximum atomic E-state index is 10.6. The van der Waals surface area contributed by atoms with E-state index < -0.39 is 5.97 Å². The molecule has 0 amide bonds. The molecule has 1 aromatic carbocycles. The number of carbonyl (C=O) groups is 1. The number of aliphatic carboxylic acids is 1. The Kier molecular flexibility index (Phi) is 5.48. The Morgan fingerprint density at radius 1 is 1.16 bits per heavy atom. The fraction of sp³-hybridized carbons (Fsp3) is 0.500. The second-order valence-electron chi connectivity index (χ2n) is 4.36. The summed E-state index contributed by atoms with van der Waals surface area (Å²) in [7, 11) is 3.16.